The average Bonchev–Trinajstić information content (AvgIpc) is 2.57. The number of hydrogen-bond donors (Lipinski definition) is 1. The molecule has 6 heteroatoms. The quantitative estimate of drug-likeness (QED) is 0.774. The first-order valence-corrected chi connectivity index (χ1v) is 7.72. The van der Waals surface area contributed by atoms with Crippen molar-refractivity contribution in [1.29, 1.82) is 0 Å². The number of para-hydroxylation sites is 1. The summed E-state index contributed by atoms with van der Waals surface area (Å²) in [5, 5.41) is 10.7. The molecule has 0 aliphatic rings. The number of hydrogen-bond acceptors (Lipinski definition) is 5. The third-order valence-electron chi connectivity index (χ3n) is 3.86. The molecule has 1 N–H and O–H groups in total. The minimum atomic E-state index is -0.817. The fourth-order valence-electron chi connectivity index (χ4n) is 2.63. The van der Waals surface area contributed by atoms with Crippen LogP contribution in [0.1, 0.15) is 11.1 Å². The van der Waals surface area contributed by atoms with Crippen LogP contribution >= 0.6 is 0 Å². The first kappa shape index (κ1) is 16.1. The van der Waals surface area contributed by atoms with Crippen molar-refractivity contribution >= 4 is 10.9 Å². The van der Waals surface area contributed by atoms with E-state index in [4.69, 9.17) is 4.74 Å². The van der Waals surface area contributed by atoms with E-state index in [1.165, 1.54) is 10.9 Å². The molecule has 0 radical (unpaired) electrons. The zero-order valence-electron chi connectivity index (χ0n) is 13.6. The van der Waals surface area contributed by atoms with Crippen LogP contribution < -0.4 is 10.3 Å². The van der Waals surface area contributed by atoms with Crippen molar-refractivity contribution < 1.29 is 9.84 Å². The van der Waals surface area contributed by atoms with Crippen molar-refractivity contribution in [1.82, 2.24) is 14.5 Å². The van der Waals surface area contributed by atoms with E-state index in [1.54, 1.807) is 18.5 Å². The summed E-state index contributed by atoms with van der Waals surface area (Å²) in [5.74, 6) is 0.770. The molecule has 0 unspecified atom stereocenters. The number of fused-ring (bicyclic) bond motifs is 1. The maximum absolute atomic E-state index is 12.4. The van der Waals surface area contributed by atoms with Gasteiger partial charge in [0.15, 0.2) is 0 Å². The van der Waals surface area contributed by atoms with Crippen LogP contribution in [0.4, 0.5) is 0 Å². The van der Waals surface area contributed by atoms with Gasteiger partial charge in [-0.3, -0.25) is 14.3 Å². The zero-order chi connectivity index (χ0) is 17.1. The molecule has 2 aromatic heterocycles. The third-order valence-corrected chi connectivity index (χ3v) is 3.86. The minimum absolute atomic E-state index is 0.104. The largest absolute Gasteiger partial charge is 0.490 e. The predicted octanol–water partition coefficient (Wildman–Crippen LogP) is 1.85. The zero-order valence-corrected chi connectivity index (χ0v) is 13.6. The first-order valence-electron chi connectivity index (χ1n) is 7.72. The van der Waals surface area contributed by atoms with Crippen molar-refractivity contribution in [3.8, 4) is 5.75 Å². The van der Waals surface area contributed by atoms with E-state index in [-0.39, 0.29) is 18.7 Å². The lowest BCUT2D eigenvalue weighted by Gasteiger charge is -2.16. The summed E-state index contributed by atoms with van der Waals surface area (Å²) >= 11 is 0. The summed E-state index contributed by atoms with van der Waals surface area (Å²) in [6, 6.07) is 7.50. The minimum Gasteiger partial charge on any atom is -0.490 e. The van der Waals surface area contributed by atoms with Crippen LogP contribution in [0.25, 0.3) is 10.9 Å². The summed E-state index contributed by atoms with van der Waals surface area (Å²) in [6.07, 6.45) is 3.70. The Morgan fingerprint density at radius 1 is 1.25 bits per heavy atom. The molecular formula is C18H19N3O3. The predicted molar refractivity (Wildman–Crippen MR) is 91.2 cm³/mol. The molecule has 0 spiro atoms. The molecule has 124 valence electrons. The SMILES string of the molecule is Cc1cccc(C)c1OC[C@@H](O)Cn1cnc2cnccc2c1=O. The molecule has 2 heterocycles. The van der Waals surface area contributed by atoms with Crippen LogP contribution in [0.2, 0.25) is 0 Å². The number of aromatic nitrogens is 3. The van der Waals surface area contributed by atoms with Gasteiger partial charge in [0.25, 0.3) is 5.56 Å². The molecule has 1 aromatic carbocycles. The number of ether oxygens (including phenoxy) is 1. The molecular weight excluding hydrogens is 306 g/mol. The topological polar surface area (TPSA) is 77.2 Å². The van der Waals surface area contributed by atoms with Gasteiger partial charge in [-0.05, 0) is 31.0 Å². The Hall–Kier alpha value is -2.73. The second-order valence-corrected chi connectivity index (χ2v) is 5.78. The summed E-state index contributed by atoms with van der Waals surface area (Å²) in [4.78, 5) is 20.5. The second kappa shape index (κ2) is 6.80. The van der Waals surface area contributed by atoms with Crippen molar-refractivity contribution in [2.45, 2.75) is 26.5 Å². The molecule has 0 aliphatic heterocycles. The molecule has 1 atom stereocenters. The van der Waals surface area contributed by atoms with Gasteiger partial charge in [-0.2, -0.15) is 0 Å². The molecule has 6 nitrogen and oxygen atoms in total. The summed E-state index contributed by atoms with van der Waals surface area (Å²) < 4.78 is 7.12. The average molecular weight is 325 g/mol. The van der Waals surface area contributed by atoms with Gasteiger partial charge in [0.05, 0.1) is 30.0 Å². The Kier molecular flexibility index (Phi) is 4.57. The Bertz CT molecular complexity index is 901. The van der Waals surface area contributed by atoms with Gasteiger partial charge >= 0.3 is 0 Å². The smallest absolute Gasteiger partial charge is 0.261 e. The highest BCUT2D eigenvalue weighted by atomic mass is 16.5. The van der Waals surface area contributed by atoms with Gasteiger partial charge in [0.1, 0.15) is 18.5 Å². The molecule has 0 amide bonds. The Morgan fingerprint density at radius 3 is 2.75 bits per heavy atom. The van der Waals surface area contributed by atoms with Gasteiger partial charge in [-0.25, -0.2) is 4.98 Å². The lowest BCUT2D eigenvalue weighted by Crippen LogP contribution is -2.30. The van der Waals surface area contributed by atoms with Crippen molar-refractivity contribution in [2.75, 3.05) is 6.61 Å². The van der Waals surface area contributed by atoms with E-state index < -0.39 is 6.10 Å². The van der Waals surface area contributed by atoms with Gasteiger partial charge in [0.2, 0.25) is 0 Å². The van der Waals surface area contributed by atoms with E-state index >= 15 is 0 Å². The highest BCUT2D eigenvalue weighted by Gasteiger charge is 2.11. The number of aliphatic hydroxyl groups excluding tert-OH is 1. The van der Waals surface area contributed by atoms with E-state index in [0.717, 1.165) is 16.9 Å². The first-order chi connectivity index (χ1) is 11.6. The number of aryl methyl sites for hydroxylation is 2. The summed E-state index contributed by atoms with van der Waals surface area (Å²) in [7, 11) is 0. The molecule has 0 saturated carbocycles. The number of rotatable bonds is 5. The molecule has 3 rings (SSSR count). The standard InChI is InChI=1S/C18H19N3O3/c1-12-4-3-5-13(2)17(12)24-10-14(22)9-21-11-20-16-8-19-7-6-15(16)18(21)23/h3-8,11,14,22H,9-10H2,1-2H3/t14-/m0/s1. The van der Waals surface area contributed by atoms with Crippen LogP contribution in [0.5, 0.6) is 5.75 Å². The van der Waals surface area contributed by atoms with E-state index in [1.807, 2.05) is 32.0 Å². The Morgan fingerprint density at radius 2 is 2.00 bits per heavy atom. The van der Waals surface area contributed by atoms with Gasteiger partial charge < -0.3 is 9.84 Å². The summed E-state index contributed by atoms with van der Waals surface area (Å²) in [6.45, 7) is 4.14. The normalized spacial score (nSPS) is 12.3. The van der Waals surface area contributed by atoms with Gasteiger partial charge in [-0.15, -0.1) is 0 Å². The maximum atomic E-state index is 12.4. The molecule has 24 heavy (non-hydrogen) atoms. The van der Waals surface area contributed by atoms with Crippen molar-refractivity contribution in [3.05, 3.63) is 64.5 Å². The fraction of sp³-hybridized carbons (Fsp3) is 0.278. The molecule has 3 aromatic rings. The number of aliphatic hydroxyl groups is 1. The Balaban J connectivity index is 1.72. The van der Waals surface area contributed by atoms with Crippen molar-refractivity contribution in [3.63, 3.8) is 0 Å². The molecule has 0 bridgehead atoms. The molecule has 0 saturated heterocycles. The van der Waals surface area contributed by atoms with E-state index in [2.05, 4.69) is 9.97 Å². The maximum Gasteiger partial charge on any atom is 0.261 e. The molecule has 0 aliphatic carbocycles. The highest BCUT2D eigenvalue weighted by molar-refractivity contribution is 5.75. The number of nitrogens with zero attached hydrogens (tertiary/aromatic N) is 3. The van der Waals surface area contributed by atoms with Crippen LogP contribution in [0.3, 0.4) is 0 Å². The monoisotopic (exact) mass is 325 g/mol. The van der Waals surface area contributed by atoms with Crippen molar-refractivity contribution in [2.24, 2.45) is 0 Å². The van der Waals surface area contributed by atoms with Gasteiger partial charge in [0, 0.05) is 6.20 Å². The van der Waals surface area contributed by atoms with E-state index in [0.29, 0.717) is 10.9 Å². The van der Waals surface area contributed by atoms with E-state index in [9.17, 15) is 9.90 Å². The molecule has 0 fully saturated rings. The highest BCUT2D eigenvalue weighted by Crippen LogP contribution is 2.22. The third kappa shape index (κ3) is 3.28. The van der Waals surface area contributed by atoms with Crippen LogP contribution in [-0.4, -0.2) is 32.4 Å². The number of pyridine rings is 1. The van der Waals surface area contributed by atoms with Crippen LogP contribution in [0, 0.1) is 13.8 Å². The number of benzene rings is 1. The lowest BCUT2D eigenvalue weighted by molar-refractivity contribution is 0.0908. The second-order valence-electron chi connectivity index (χ2n) is 5.78. The van der Waals surface area contributed by atoms with Crippen LogP contribution in [-0.2, 0) is 6.54 Å². The van der Waals surface area contributed by atoms with Gasteiger partial charge in [-0.1, -0.05) is 18.2 Å². The fourth-order valence-corrected chi connectivity index (χ4v) is 2.63. The lowest BCUT2D eigenvalue weighted by atomic mass is 10.1. The van der Waals surface area contributed by atoms with Crippen LogP contribution in [0.15, 0.2) is 47.8 Å². The summed E-state index contributed by atoms with van der Waals surface area (Å²) in [5.41, 5.74) is 2.37. The Labute approximate surface area is 139 Å².